The maximum Gasteiger partial charge on any atom is 0.115 e. The normalized spacial score (nSPS) is 25.4. The van der Waals surface area contributed by atoms with Crippen LogP contribution in [0.2, 0.25) is 0 Å². The van der Waals surface area contributed by atoms with Gasteiger partial charge in [0.1, 0.15) is 7.14 Å². The van der Waals surface area contributed by atoms with Gasteiger partial charge in [0.05, 0.1) is 6.10 Å². The van der Waals surface area contributed by atoms with Gasteiger partial charge in [-0.1, -0.05) is 30.3 Å². The molecule has 0 amide bonds. The second kappa shape index (κ2) is 5.34. The summed E-state index contributed by atoms with van der Waals surface area (Å²) in [6.45, 7) is 2.72. The van der Waals surface area contributed by atoms with Gasteiger partial charge in [-0.3, -0.25) is 0 Å². The van der Waals surface area contributed by atoms with Crippen LogP contribution >= 0.6 is 7.14 Å². The Kier molecular flexibility index (Phi) is 4.03. The number of benzene rings is 1. The molecule has 17 heavy (non-hydrogen) atoms. The summed E-state index contributed by atoms with van der Waals surface area (Å²) in [6.07, 6.45) is 1.94. The minimum absolute atomic E-state index is 0.118. The highest BCUT2D eigenvalue weighted by Crippen LogP contribution is 2.41. The van der Waals surface area contributed by atoms with Crippen LogP contribution in [0.4, 0.5) is 0 Å². The van der Waals surface area contributed by atoms with E-state index in [4.69, 9.17) is 0 Å². The standard InChI is InChI=1S/C13H20NO2P/c1-17(16,11-6-3-2-4-7-11)10-13(15)12-8-5-9-14-12/h2-4,6-7,12-15H,5,8-10H2,1H3/t12-,13+,17?/m0/s1. The Balaban J connectivity index is 2.04. The molecule has 2 rings (SSSR count). The lowest BCUT2D eigenvalue weighted by Crippen LogP contribution is -2.37. The van der Waals surface area contributed by atoms with Crippen LogP contribution in [-0.2, 0) is 4.57 Å². The van der Waals surface area contributed by atoms with Gasteiger partial charge in [-0.25, -0.2) is 0 Å². The Hall–Kier alpha value is -0.630. The Morgan fingerprint density at radius 1 is 1.47 bits per heavy atom. The summed E-state index contributed by atoms with van der Waals surface area (Å²) in [5.74, 6) is 0. The number of hydrogen-bond acceptors (Lipinski definition) is 3. The fourth-order valence-electron chi connectivity index (χ4n) is 2.37. The van der Waals surface area contributed by atoms with Crippen molar-refractivity contribution >= 4 is 12.4 Å². The molecule has 1 aliphatic heterocycles. The first-order valence-corrected chi connectivity index (χ1v) is 8.47. The van der Waals surface area contributed by atoms with Gasteiger partial charge >= 0.3 is 0 Å². The third-order valence-electron chi connectivity index (χ3n) is 3.40. The van der Waals surface area contributed by atoms with Crippen molar-refractivity contribution in [2.45, 2.75) is 25.0 Å². The van der Waals surface area contributed by atoms with Gasteiger partial charge in [0.2, 0.25) is 0 Å². The molecule has 4 heteroatoms. The minimum atomic E-state index is -2.44. The van der Waals surface area contributed by atoms with E-state index < -0.39 is 13.2 Å². The summed E-state index contributed by atoms with van der Waals surface area (Å²) in [6, 6.07) is 9.59. The number of aliphatic hydroxyl groups is 1. The van der Waals surface area contributed by atoms with Crippen molar-refractivity contribution in [3.63, 3.8) is 0 Å². The lowest BCUT2D eigenvalue weighted by molar-refractivity contribution is 0.157. The molecule has 0 aliphatic carbocycles. The Labute approximate surface area is 103 Å². The summed E-state index contributed by atoms with van der Waals surface area (Å²) in [4.78, 5) is 0. The molecular weight excluding hydrogens is 233 g/mol. The molecule has 1 saturated heterocycles. The average molecular weight is 253 g/mol. The van der Waals surface area contributed by atoms with Gasteiger partial charge in [0.25, 0.3) is 0 Å². The Bertz CT molecular complexity index is 401. The second-order valence-electron chi connectivity index (χ2n) is 4.89. The summed E-state index contributed by atoms with van der Waals surface area (Å²) in [7, 11) is -2.44. The van der Waals surface area contributed by atoms with Crippen LogP contribution in [-0.4, -0.2) is 36.6 Å². The maximum atomic E-state index is 12.6. The molecule has 0 aromatic heterocycles. The summed E-state index contributed by atoms with van der Waals surface area (Å²) < 4.78 is 12.6. The average Bonchev–Trinajstić information content (AvgIpc) is 2.83. The summed E-state index contributed by atoms with van der Waals surface area (Å²) in [5.41, 5.74) is 0. The van der Waals surface area contributed by atoms with Gasteiger partial charge in [0, 0.05) is 17.5 Å². The number of nitrogens with one attached hydrogen (secondary N) is 1. The fraction of sp³-hybridized carbons (Fsp3) is 0.538. The number of aliphatic hydroxyl groups excluding tert-OH is 1. The van der Waals surface area contributed by atoms with E-state index in [2.05, 4.69) is 5.32 Å². The van der Waals surface area contributed by atoms with Crippen molar-refractivity contribution in [1.29, 1.82) is 0 Å². The third kappa shape index (κ3) is 3.19. The van der Waals surface area contributed by atoms with Crippen LogP contribution in [0.5, 0.6) is 0 Å². The van der Waals surface area contributed by atoms with E-state index in [1.807, 2.05) is 30.3 Å². The van der Waals surface area contributed by atoms with E-state index in [1.165, 1.54) is 0 Å². The smallest absolute Gasteiger partial charge is 0.115 e. The summed E-state index contributed by atoms with van der Waals surface area (Å²) in [5, 5.41) is 14.2. The third-order valence-corrected chi connectivity index (χ3v) is 5.86. The zero-order valence-corrected chi connectivity index (χ0v) is 11.1. The van der Waals surface area contributed by atoms with Gasteiger partial charge < -0.3 is 15.0 Å². The lowest BCUT2D eigenvalue weighted by Gasteiger charge is -2.22. The van der Waals surface area contributed by atoms with E-state index in [-0.39, 0.29) is 6.04 Å². The van der Waals surface area contributed by atoms with Crippen molar-refractivity contribution in [3.8, 4) is 0 Å². The van der Waals surface area contributed by atoms with E-state index >= 15 is 0 Å². The second-order valence-corrected chi connectivity index (χ2v) is 7.97. The first-order valence-electron chi connectivity index (χ1n) is 6.13. The molecular formula is C13H20NO2P. The zero-order valence-electron chi connectivity index (χ0n) is 10.2. The monoisotopic (exact) mass is 253 g/mol. The van der Waals surface area contributed by atoms with Gasteiger partial charge in [-0.15, -0.1) is 0 Å². The maximum absolute atomic E-state index is 12.6. The van der Waals surface area contributed by atoms with Crippen molar-refractivity contribution in [3.05, 3.63) is 30.3 Å². The van der Waals surface area contributed by atoms with Crippen molar-refractivity contribution in [2.75, 3.05) is 19.4 Å². The quantitative estimate of drug-likeness (QED) is 0.798. The summed E-state index contributed by atoms with van der Waals surface area (Å²) >= 11 is 0. The Morgan fingerprint density at radius 3 is 2.76 bits per heavy atom. The van der Waals surface area contributed by atoms with E-state index in [0.717, 1.165) is 24.7 Å². The molecule has 2 N–H and O–H groups in total. The predicted octanol–water partition coefficient (Wildman–Crippen LogP) is 1.42. The van der Waals surface area contributed by atoms with Gasteiger partial charge in [0.15, 0.2) is 0 Å². The Morgan fingerprint density at radius 2 is 2.18 bits per heavy atom. The highest BCUT2D eigenvalue weighted by atomic mass is 31.2. The molecule has 1 aromatic carbocycles. The predicted molar refractivity (Wildman–Crippen MR) is 71.5 cm³/mol. The minimum Gasteiger partial charge on any atom is -0.391 e. The van der Waals surface area contributed by atoms with Crippen LogP contribution in [0, 0.1) is 0 Å². The van der Waals surface area contributed by atoms with Crippen LogP contribution < -0.4 is 10.6 Å². The van der Waals surface area contributed by atoms with E-state index in [0.29, 0.717) is 6.16 Å². The first kappa shape index (κ1) is 12.8. The van der Waals surface area contributed by atoms with Crippen LogP contribution in [0.15, 0.2) is 30.3 Å². The molecule has 0 saturated carbocycles. The number of hydrogen-bond donors (Lipinski definition) is 2. The molecule has 1 aromatic rings. The van der Waals surface area contributed by atoms with Crippen molar-refractivity contribution in [2.24, 2.45) is 0 Å². The fourth-order valence-corrected chi connectivity index (χ4v) is 4.35. The van der Waals surface area contributed by atoms with Crippen molar-refractivity contribution in [1.82, 2.24) is 5.32 Å². The van der Waals surface area contributed by atoms with Crippen molar-refractivity contribution < 1.29 is 9.67 Å². The first-order chi connectivity index (χ1) is 8.09. The molecule has 1 unspecified atom stereocenters. The molecule has 1 aliphatic rings. The zero-order chi connectivity index (χ0) is 12.3. The molecule has 94 valence electrons. The van der Waals surface area contributed by atoms with Crippen LogP contribution in [0.25, 0.3) is 0 Å². The lowest BCUT2D eigenvalue weighted by atomic mass is 10.1. The number of rotatable bonds is 4. The van der Waals surface area contributed by atoms with E-state index in [9.17, 15) is 9.67 Å². The highest BCUT2D eigenvalue weighted by molar-refractivity contribution is 7.70. The molecule has 3 atom stereocenters. The molecule has 0 bridgehead atoms. The SMILES string of the molecule is CP(=O)(C[C@@H](O)[C@@H]1CCCN1)c1ccccc1. The highest BCUT2D eigenvalue weighted by Gasteiger charge is 2.29. The van der Waals surface area contributed by atoms with Gasteiger partial charge in [-0.05, 0) is 26.1 Å². The van der Waals surface area contributed by atoms with Crippen LogP contribution in [0.3, 0.4) is 0 Å². The molecule has 0 radical (unpaired) electrons. The molecule has 3 nitrogen and oxygen atoms in total. The molecule has 1 fully saturated rings. The van der Waals surface area contributed by atoms with Crippen LogP contribution in [0.1, 0.15) is 12.8 Å². The van der Waals surface area contributed by atoms with Gasteiger partial charge in [-0.2, -0.15) is 0 Å². The molecule has 1 heterocycles. The topological polar surface area (TPSA) is 49.3 Å². The van der Waals surface area contributed by atoms with E-state index in [1.54, 1.807) is 6.66 Å². The largest absolute Gasteiger partial charge is 0.391 e. The molecule has 0 spiro atoms.